The van der Waals surface area contributed by atoms with Gasteiger partial charge in [-0.25, -0.2) is 4.98 Å². The van der Waals surface area contributed by atoms with E-state index in [2.05, 4.69) is 21.7 Å². The molecular weight excluding hydrogens is 369 g/mol. The smallest absolute Gasteiger partial charge is 0.236 e. The topological polar surface area (TPSA) is 67.2 Å². The highest BCUT2D eigenvalue weighted by molar-refractivity contribution is 7.13. The summed E-state index contributed by atoms with van der Waals surface area (Å²) in [4.78, 5) is 17.5. The second-order valence-corrected chi connectivity index (χ2v) is 6.22. The van der Waals surface area contributed by atoms with Gasteiger partial charge in [-0.1, -0.05) is 17.7 Å². The van der Waals surface area contributed by atoms with Gasteiger partial charge < -0.3 is 15.1 Å². The molecule has 0 fully saturated rings. The van der Waals surface area contributed by atoms with Crippen LogP contribution >= 0.6 is 36.2 Å². The molecule has 0 spiro atoms. The van der Waals surface area contributed by atoms with Crippen molar-refractivity contribution in [2.75, 3.05) is 19.6 Å². The van der Waals surface area contributed by atoms with Gasteiger partial charge in [-0.05, 0) is 31.3 Å². The zero-order chi connectivity index (χ0) is 15.4. The van der Waals surface area contributed by atoms with E-state index < -0.39 is 0 Å². The van der Waals surface area contributed by atoms with Gasteiger partial charge >= 0.3 is 0 Å². The Balaban J connectivity index is 0.00000144. The van der Waals surface area contributed by atoms with Gasteiger partial charge in [0.2, 0.25) is 11.8 Å². The van der Waals surface area contributed by atoms with Crippen molar-refractivity contribution in [3.63, 3.8) is 0 Å². The van der Waals surface area contributed by atoms with Crippen molar-refractivity contribution in [3.05, 3.63) is 40.6 Å². The van der Waals surface area contributed by atoms with E-state index in [0.29, 0.717) is 23.9 Å². The van der Waals surface area contributed by atoms with E-state index in [4.69, 9.17) is 4.42 Å². The van der Waals surface area contributed by atoms with Crippen LogP contribution in [0.25, 0.3) is 10.8 Å². The molecule has 132 valence electrons. The Kier molecular flexibility index (Phi) is 8.48. The molecular formula is C16H21Cl2N3O2S. The molecule has 0 unspecified atom stereocenters. The molecule has 0 saturated carbocycles. The number of carbonyl (C=O) groups excluding carboxylic acids is 1. The monoisotopic (exact) mass is 389 g/mol. The minimum Gasteiger partial charge on any atom is -0.440 e. The molecule has 1 aliphatic heterocycles. The van der Waals surface area contributed by atoms with Gasteiger partial charge in [-0.2, -0.15) is 0 Å². The fraction of sp³-hybridized carbons (Fsp3) is 0.375. The van der Waals surface area contributed by atoms with Gasteiger partial charge in [0.25, 0.3) is 0 Å². The number of rotatable bonds is 5. The summed E-state index contributed by atoms with van der Waals surface area (Å²) < 4.78 is 5.65. The van der Waals surface area contributed by atoms with Crippen molar-refractivity contribution in [3.8, 4) is 10.8 Å². The maximum atomic E-state index is 12.1. The molecule has 0 aromatic carbocycles. The molecule has 1 aliphatic rings. The van der Waals surface area contributed by atoms with Crippen LogP contribution in [0.3, 0.4) is 0 Å². The Morgan fingerprint density at radius 2 is 2.29 bits per heavy atom. The third-order valence-electron chi connectivity index (χ3n) is 3.62. The molecule has 2 aromatic heterocycles. The lowest BCUT2D eigenvalue weighted by atomic mass is 10.1. The average molecular weight is 390 g/mol. The quantitative estimate of drug-likeness (QED) is 0.770. The molecule has 0 aliphatic carbocycles. The third-order valence-corrected chi connectivity index (χ3v) is 4.48. The predicted octanol–water partition coefficient (Wildman–Crippen LogP) is 3.13. The van der Waals surface area contributed by atoms with Gasteiger partial charge in [0.15, 0.2) is 0 Å². The molecule has 0 radical (unpaired) electrons. The Labute approximate surface area is 157 Å². The molecule has 8 heteroatoms. The van der Waals surface area contributed by atoms with Crippen LogP contribution in [0, 0.1) is 6.92 Å². The Bertz CT molecular complexity index is 684. The summed E-state index contributed by atoms with van der Waals surface area (Å²) in [7, 11) is 0. The fourth-order valence-electron chi connectivity index (χ4n) is 2.35. The summed E-state index contributed by atoms with van der Waals surface area (Å²) in [6, 6.07) is 3.92. The van der Waals surface area contributed by atoms with Gasteiger partial charge in [0, 0.05) is 13.1 Å². The molecule has 5 nitrogen and oxygen atoms in total. The fourth-order valence-corrected chi connectivity index (χ4v) is 3.00. The first-order chi connectivity index (χ1) is 10.7. The minimum atomic E-state index is -0.0198. The van der Waals surface area contributed by atoms with Gasteiger partial charge in [0.05, 0.1) is 17.0 Å². The number of oxazole rings is 1. The van der Waals surface area contributed by atoms with Crippen LogP contribution in [0.2, 0.25) is 0 Å². The van der Waals surface area contributed by atoms with Crippen LogP contribution in [0.15, 0.2) is 33.6 Å². The highest BCUT2D eigenvalue weighted by Crippen LogP contribution is 2.26. The lowest BCUT2D eigenvalue weighted by Gasteiger charge is -2.14. The van der Waals surface area contributed by atoms with Crippen molar-refractivity contribution in [2.45, 2.75) is 19.8 Å². The number of nitrogens with one attached hydrogen (secondary N) is 2. The zero-order valence-electron chi connectivity index (χ0n) is 13.3. The Hall–Kier alpha value is -1.34. The number of thiophene rings is 1. The zero-order valence-corrected chi connectivity index (χ0v) is 15.8. The Morgan fingerprint density at radius 1 is 1.46 bits per heavy atom. The van der Waals surface area contributed by atoms with Crippen LogP contribution in [0.4, 0.5) is 0 Å². The molecule has 3 rings (SSSR count). The number of hydrogen-bond acceptors (Lipinski definition) is 5. The normalized spacial score (nSPS) is 13.5. The molecule has 0 atom stereocenters. The van der Waals surface area contributed by atoms with Crippen LogP contribution < -0.4 is 10.6 Å². The van der Waals surface area contributed by atoms with Crippen molar-refractivity contribution in [1.82, 2.24) is 15.6 Å². The van der Waals surface area contributed by atoms with Crippen molar-refractivity contribution in [2.24, 2.45) is 0 Å². The molecule has 1 amide bonds. The molecule has 3 heterocycles. The summed E-state index contributed by atoms with van der Waals surface area (Å²) in [6.07, 6.45) is 3.39. The number of halogens is 2. The van der Waals surface area contributed by atoms with Gasteiger partial charge in [-0.3, -0.25) is 4.79 Å². The van der Waals surface area contributed by atoms with Crippen LogP contribution in [0.5, 0.6) is 0 Å². The predicted molar refractivity (Wildman–Crippen MR) is 101 cm³/mol. The second kappa shape index (κ2) is 9.84. The maximum absolute atomic E-state index is 12.1. The summed E-state index contributed by atoms with van der Waals surface area (Å²) in [5.41, 5.74) is 1.99. The highest BCUT2D eigenvalue weighted by Gasteiger charge is 2.15. The summed E-state index contributed by atoms with van der Waals surface area (Å²) in [5.74, 6) is 1.28. The lowest BCUT2D eigenvalue weighted by Crippen LogP contribution is -2.30. The molecule has 24 heavy (non-hydrogen) atoms. The van der Waals surface area contributed by atoms with E-state index in [-0.39, 0.29) is 37.1 Å². The molecule has 2 aromatic rings. The van der Waals surface area contributed by atoms with E-state index in [0.717, 1.165) is 24.4 Å². The third kappa shape index (κ3) is 5.34. The number of hydrogen-bond donors (Lipinski definition) is 2. The Morgan fingerprint density at radius 3 is 2.96 bits per heavy atom. The summed E-state index contributed by atoms with van der Waals surface area (Å²) in [5, 5.41) is 8.19. The van der Waals surface area contributed by atoms with Gasteiger partial charge in [0.1, 0.15) is 5.76 Å². The minimum absolute atomic E-state index is 0. The van der Waals surface area contributed by atoms with Crippen molar-refractivity contribution >= 4 is 42.1 Å². The van der Waals surface area contributed by atoms with E-state index in [1.54, 1.807) is 11.3 Å². The largest absolute Gasteiger partial charge is 0.440 e. The summed E-state index contributed by atoms with van der Waals surface area (Å²) in [6.45, 7) is 4.34. The lowest BCUT2D eigenvalue weighted by molar-refractivity contribution is -0.120. The first kappa shape index (κ1) is 20.7. The van der Waals surface area contributed by atoms with Crippen molar-refractivity contribution in [1.29, 1.82) is 0 Å². The first-order valence-corrected chi connectivity index (χ1v) is 8.26. The van der Waals surface area contributed by atoms with Crippen LogP contribution in [-0.4, -0.2) is 30.5 Å². The standard InChI is InChI=1S/C16H19N3O2S.2ClH/c1-11-13(19-16(21-11)14-3-2-8-22-14)9-15(20)18-10-12-4-6-17-7-5-12;;/h2-4,8,17H,5-7,9-10H2,1H3,(H,18,20);2*1H. The number of aromatic nitrogens is 1. The van der Waals surface area contributed by atoms with Crippen molar-refractivity contribution < 1.29 is 9.21 Å². The molecule has 0 saturated heterocycles. The highest BCUT2D eigenvalue weighted by atomic mass is 35.5. The van der Waals surface area contributed by atoms with E-state index >= 15 is 0 Å². The molecule has 0 bridgehead atoms. The van der Waals surface area contributed by atoms with Gasteiger partial charge in [-0.15, -0.1) is 36.2 Å². The van der Waals surface area contributed by atoms with Crippen LogP contribution in [-0.2, 0) is 11.2 Å². The molecule has 2 N–H and O–H groups in total. The van der Waals surface area contributed by atoms with Crippen LogP contribution in [0.1, 0.15) is 17.9 Å². The summed E-state index contributed by atoms with van der Waals surface area (Å²) >= 11 is 1.58. The average Bonchev–Trinajstić information content (AvgIpc) is 3.17. The number of nitrogens with zero attached hydrogens (tertiary/aromatic N) is 1. The number of carbonyl (C=O) groups is 1. The second-order valence-electron chi connectivity index (χ2n) is 5.27. The number of aryl methyl sites for hydroxylation is 1. The van der Waals surface area contributed by atoms with E-state index in [1.165, 1.54) is 5.57 Å². The first-order valence-electron chi connectivity index (χ1n) is 7.38. The van der Waals surface area contributed by atoms with E-state index in [9.17, 15) is 4.79 Å². The number of amides is 1. The SMILES string of the molecule is Cc1oc(-c2cccs2)nc1CC(=O)NCC1=CCNCC1.Cl.Cl. The maximum Gasteiger partial charge on any atom is 0.236 e. The van der Waals surface area contributed by atoms with E-state index in [1.807, 2.05) is 24.4 Å².